The van der Waals surface area contributed by atoms with Gasteiger partial charge in [0.1, 0.15) is 13.2 Å². The normalized spacial score (nSPS) is 13.9. The maximum atomic E-state index is 11.6. The molecule has 0 aromatic heterocycles. The zero-order valence-corrected chi connectivity index (χ0v) is 20.2. The highest BCUT2D eigenvalue weighted by Gasteiger charge is 2.12. The van der Waals surface area contributed by atoms with Gasteiger partial charge in [0.2, 0.25) is 0 Å². The summed E-state index contributed by atoms with van der Waals surface area (Å²) < 4.78 is 22.1. The Morgan fingerprint density at radius 2 is 1.10 bits per heavy atom. The van der Waals surface area contributed by atoms with Crippen LogP contribution in [-0.4, -0.2) is 45.4 Å². The van der Waals surface area contributed by atoms with Gasteiger partial charge < -0.3 is 18.4 Å². The number of quaternary nitrogens is 1. The van der Waals surface area contributed by atoms with E-state index >= 15 is 0 Å². The molecule has 0 radical (unpaired) electrons. The highest BCUT2D eigenvalue weighted by molar-refractivity contribution is 7.45. The molecular weight excluding hydrogens is 385 g/mol. The highest BCUT2D eigenvalue weighted by atomic mass is 31.2. The number of likely N-dealkylation sites (N-methyl/N-ethyl adjacent to an activating group) is 1. The van der Waals surface area contributed by atoms with Gasteiger partial charge in [0.25, 0.3) is 7.82 Å². The van der Waals surface area contributed by atoms with Crippen molar-refractivity contribution in [2.24, 2.45) is 0 Å². The molecule has 5 nitrogen and oxygen atoms in total. The van der Waals surface area contributed by atoms with E-state index in [4.69, 9.17) is 15.5 Å². The molecule has 0 saturated carbocycles. The molecule has 0 N–H and O–H groups in total. The van der Waals surface area contributed by atoms with Crippen LogP contribution in [0, 0.1) is 12.3 Å². The van der Waals surface area contributed by atoms with Crippen LogP contribution in [0.5, 0.6) is 0 Å². The van der Waals surface area contributed by atoms with E-state index in [9.17, 15) is 9.46 Å². The van der Waals surface area contributed by atoms with Crippen molar-refractivity contribution in [1.29, 1.82) is 0 Å². The number of nitrogens with zero attached hydrogens (tertiary/aromatic N) is 1. The number of phosphoric ester groups is 1. The monoisotopic (exact) mass is 431 g/mol. The Morgan fingerprint density at radius 3 is 1.52 bits per heavy atom. The summed E-state index contributed by atoms with van der Waals surface area (Å²) in [6, 6.07) is 0. The Bertz CT molecular complexity index is 457. The van der Waals surface area contributed by atoms with Crippen molar-refractivity contribution in [3.05, 3.63) is 0 Å². The lowest BCUT2D eigenvalue weighted by molar-refractivity contribution is -0.870. The van der Waals surface area contributed by atoms with Crippen molar-refractivity contribution in [3.8, 4) is 12.3 Å². The highest BCUT2D eigenvalue weighted by Crippen LogP contribution is 2.38. The first-order valence-electron chi connectivity index (χ1n) is 11.6. The number of terminal acetylenes is 1. The van der Waals surface area contributed by atoms with Crippen molar-refractivity contribution >= 4 is 7.82 Å². The molecule has 6 heteroatoms. The zero-order chi connectivity index (χ0) is 21.8. The minimum atomic E-state index is -4.14. The van der Waals surface area contributed by atoms with Gasteiger partial charge in [-0.25, -0.2) is 0 Å². The van der Waals surface area contributed by atoms with E-state index in [0.29, 0.717) is 11.0 Å². The summed E-state index contributed by atoms with van der Waals surface area (Å²) in [6.07, 6.45) is 23.5. The van der Waals surface area contributed by atoms with E-state index in [1.807, 2.05) is 21.1 Å². The molecule has 0 aliphatic heterocycles. The van der Waals surface area contributed by atoms with Gasteiger partial charge in [0, 0.05) is 6.42 Å². The minimum absolute atomic E-state index is 0.163. The summed E-state index contributed by atoms with van der Waals surface area (Å²) in [7, 11) is 1.84. The first-order valence-corrected chi connectivity index (χ1v) is 13.1. The molecule has 0 aromatic rings. The minimum Gasteiger partial charge on any atom is -0.756 e. The summed E-state index contributed by atoms with van der Waals surface area (Å²) in [5.41, 5.74) is 0. The van der Waals surface area contributed by atoms with Gasteiger partial charge in [0.15, 0.2) is 0 Å². The Morgan fingerprint density at radius 1 is 0.724 bits per heavy atom. The molecule has 1 atom stereocenters. The van der Waals surface area contributed by atoms with Crippen LogP contribution in [0.3, 0.4) is 0 Å². The topological polar surface area (TPSA) is 58.6 Å². The Kier molecular flexibility index (Phi) is 18.2. The molecule has 0 aromatic carbocycles. The summed E-state index contributed by atoms with van der Waals surface area (Å²) in [5.74, 6) is 2.70. The molecule has 0 aliphatic rings. The van der Waals surface area contributed by atoms with Crippen LogP contribution >= 0.6 is 7.82 Å². The van der Waals surface area contributed by atoms with E-state index in [1.54, 1.807) is 0 Å². The van der Waals surface area contributed by atoms with Gasteiger partial charge in [0.05, 0.1) is 27.7 Å². The third-order valence-electron chi connectivity index (χ3n) is 4.98. The van der Waals surface area contributed by atoms with E-state index in [0.717, 1.165) is 25.7 Å². The molecular formula is C23H46NO4P. The Balaban J connectivity index is 3.29. The van der Waals surface area contributed by atoms with E-state index in [1.165, 1.54) is 70.6 Å². The number of rotatable bonds is 21. The second-order valence-electron chi connectivity index (χ2n) is 9.03. The smallest absolute Gasteiger partial charge is 0.268 e. The van der Waals surface area contributed by atoms with Crippen molar-refractivity contribution < 1.29 is 23.0 Å². The lowest BCUT2D eigenvalue weighted by atomic mass is 10.0. The van der Waals surface area contributed by atoms with E-state index in [-0.39, 0.29) is 13.2 Å². The van der Waals surface area contributed by atoms with Gasteiger partial charge in [-0.2, -0.15) is 0 Å². The lowest BCUT2D eigenvalue weighted by Crippen LogP contribution is -2.37. The quantitative estimate of drug-likeness (QED) is 0.102. The molecule has 0 aliphatic carbocycles. The lowest BCUT2D eigenvalue weighted by Gasteiger charge is -2.27. The molecule has 0 heterocycles. The second-order valence-corrected chi connectivity index (χ2v) is 10.4. The van der Waals surface area contributed by atoms with Gasteiger partial charge in [-0.3, -0.25) is 4.57 Å². The van der Waals surface area contributed by atoms with Crippen molar-refractivity contribution in [2.75, 3.05) is 40.9 Å². The molecule has 0 spiro atoms. The first kappa shape index (κ1) is 28.6. The largest absolute Gasteiger partial charge is 0.756 e. The average Bonchev–Trinajstić information content (AvgIpc) is 2.63. The van der Waals surface area contributed by atoms with E-state index in [2.05, 4.69) is 5.92 Å². The predicted molar refractivity (Wildman–Crippen MR) is 120 cm³/mol. The molecule has 0 fully saturated rings. The summed E-state index contributed by atoms with van der Waals surface area (Å²) >= 11 is 0. The molecule has 29 heavy (non-hydrogen) atoms. The summed E-state index contributed by atoms with van der Waals surface area (Å²) in [5, 5.41) is 0. The second kappa shape index (κ2) is 18.4. The fourth-order valence-electron chi connectivity index (χ4n) is 3.09. The SMILES string of the molecule is C#CCCCCCCCCCCCCCCCCOP(=O)([O-])OCC[N+](C)(C)C. The van der Waals surface area contributed by atoms with Crippen LogP contribution in [0.1, 0.15) is 96.3 Å². The van der Waals surface area contributed by atoms with Crippen molar-refractivity contribution in [2.45, 2.75) is 96.3 Å². The van der Waals surface area contributed by atoms with Crippen molar-refractivity contribution in [1.82, 2.24) is 0 Å². The van der Waals surface area contributed by atoms with Crippen LogP contribution in [0.15, 0.2) is 0 Å². The van der Waals surface area contributed by atoms with Gasteiger partial charge in [-0.05, 0) is 12.8 Å². The standard InChI is InChI=1S/C23H46NO4P/c1-5-6-7-8-9-10-11-12-13-14-15-16-17-18-19-20-22-27-29(25,26)28-23-21-24(2,3)4/h1H,6-23H2,2-4H3. The predicted octanol–water partition coefficient (Wildman–Crippen LogP) is 5.68. The third-order valence-corrected chi connectivity index (χ3v) is 5.97. The first-order chi connectivity index (χ1) is 13.8. The Labute approximate surface area is 180 Å². The molecule has 0 bridgehead atoms. The maximum absolute atomic E-state index is 11.6. The fourth-order valence-corrected chi connectivity index (χ4v) is 3.82. The molecule has 0 saturated heterocycles. The number of phosphoric acid groups is 1. The summed E-state index contributed by atoms with van der Waals surface area (Å²) in [6.45, 7) is 1.02. The summed E-state index contributed by atoms with van der Waals surface area (Å²) in [4.78, 5) is 11.6. The average molecular weight is 432 g/mol. The van der Waals surface area contributed by atoms with E-state index < -0.39 is 7.82 Å². The molecule has 0 amide bonds. The fraction of sp³-hybridized carbons (Fsp3) is 0.913. The van der Waals surface area contributed by atoms with Crippen LogP contribution in [0.2, 0.25) is 0 Å². The number of hydrogen-bond acceptors (Lipinski definition) is 4. The molecule has 0 rings (SSSR count). The van der Waals surface area contributed by atoms with Crippen LogP contribution < -0.4 is 4.89 Å². The molecule has 1 unspecified atom stereocenters. The third kappa shape index (κ3) is 23.8. The van der Waals surface area contributed by atoms with Crippen LogP contribution in [0.4, 0.5) is 0 Å². The van der Waals surface area contributed by atoms with Crippen molar-refractivity contribution in [3.63, 3.8) is 0 Å². The maximum Gasteiger partial charge on any atom is 0.268 e. The number of hydrogen-bond donors (Lipinski definition) is 0. The van der Waals surface area contributed by atoms with Gasteiger partial charge in [-0.15, -0.1) is 12.3 Å². The Hall–Kier alpha value is -0.370. The number of unbranched alkanes of at least 4 members (excludes halogenated alkanes) is 14. The zero-order valence-electron chi connectivity index (χ0n) is 19.3. The van der Waals surface area contributed by atoms with Gasteiger partial charge in [-0.1, -0.05) is 77.0 Å². The van der Waals surface area contributed by atoms with Gasteiger partial charge >= 0.3 is 0 Å². The van der Waals surface area contributed by atoms with Crippen LogP contribution in [0.25, 0.3) is 0 Å². The van der Waals surface area contributed by atoms with Crippen LogP contribution in [-0.2, 0) is 13.6 Å². The molecule has 172 valence electrons.